The normalized spacial score (nSPS) is 22.0. The maximum absolute atomic E-state index is 14.3. The maximum Gasteiger partial charge on any atom is 0.234 e. The van der Waals surface area contributed by atoms with Crippen molar-refractivity contribution in [2.45, 2.75) is 92.3 Å². The van der Waals surface area contributed by atoms with Gasteiger partial charge in [-0.2, -0.15) is 5.10 Å². The van der Waals surface area contributed by atoms with Crippen LogP contribution in [0.1, 0.15) is 86.4 Å². The summed E-state index contributed by atoms with van der Waals surface area (Å²) < 4.78 is 16.2. The molecular formula is C32H43FN6OS. The number of fused-ring (bicyclic) bond motifs is 4. The molecule has 1 amide bonds. The number of hydrogen-bond donors (Lipinski definition) is 2. The number of aromatic amines is 1. The minimum atomic E-state index is -1.05. The van der Waals surface area contributed by atoms with Crippen LogP contribution in [0.4, 0.5) is 4.39 Å². The molecule has 0 spiro atoms. The molecule has 0 radical (unpaired) electrons. The first-order valence-electron chi connectivity index (χ1n) is 14.9. The third-order valence-electron chi connectivity index (χ3n) is 9.69. The molecule has 0 aromatic carbocycles. The van der Waals surface area contributed by atoms with Crippen molar-refractivity contribution in [3.05, 3.63) is 39.7 Å². The van der Waals surface area contributed by atoms with Gasteiger partial charge in [-0.15, -0.1) is 11.3 Å². The number of hydrogen-bond acceptors (Lipinski definition) is 5. The molecule has 2 N–H and O–H groups in total. The average Bonchev–Trinajstić information content (AvgIpc) is 3.71. The Hall–Kier alpha value is -2.78. The lowest BCUT2D eigenvalue weighted by Crippen LogP contribution is -2.44. The number of thiophene rings is 1. The molecule has 1 saturated heterocycles. The van der Waals surface area contributed by atoms with Gasteiger partial charge < -0.3 is 10.3 Å². The van der Waals surface area contributed by atoms with Crippen LogP contribution in [0, 0.1) is 32.1 Å². The van der Waals surface area contributed by atoms with Gasteiger partial charge in [0.2, 0.25) is 5.91 Å². The number of halogens is 1. The molecule has 220 valence electrons. The van der Waals surface area contributed by atoms with Gasteiger partial charge in [-0.25, -0.2) is 13.9 Å². The van der Waals surface area contributed by atoms with Crippen LogP contribution in [0.25, 0.3) is 27.1 Å². The van der Waals surface area contributed by atoms with Crippen LogP contribution >= 0.6 is 11.3 Å². The van der Waals surface area contributed by atoms with E-state index in [4.69, 9.17) is 0 Å². The predicted octanol–water partition coefficient (Wildman–Crippen LogP) is 6.67. The Kier molecular flexibility index (Phi) is 7.05. The molecule has 5 heterocycles. The number of nitrogens with zero attached hydrogens (tertiary/aromatic N) is 4. The number of H-pyrrole nitrogens is 1. The summed E-state index contributed by atoms with van der Waals surface area (Å²) in [6.45, 7) is 18.1. The van der Waals surface area contributed by atoms with Gasteiger partial charge in [-0.05, 0) is 79.0 Å². The molecule has 2 fully saturated rings. The third-order valence-corrected chi connectivity index (χ3v) is 11.0. The van der Waals surface area contributed by atoms with Crippen LogP contribution in [0.2, 0.25) is 0 Å². The number of pyridine rings is 1. The van der Waals surface area contributed by atoms with Crippen molar-refractivity contribution in [1.29, 1.82) is 0 Å². The Labute approximate surface area is 245 Å². The Morgan fingerprint density at radius 1 is 1.20 bits per heavy atom. The van der Waals surface area contributed by atoms with Crippen LogP contribution in [0.5, 0.6) is 0 Å². The molecule has 41 heavy (non-hydrogen) atoms. The highest BCUT2D eigenvalue weighted by atomic mass is 32.1. The largest absolute Gasteiger partial charge is 0.352 e. The molecule has 1 unspecified atom stereocenters. The first-order chi connectivity index (χ1) is 19.3. The fourth-order valence-corrected chi connectivity index (χ4v) is 8.59. The molecule has 9 heteroatoms. The highest BCUT2D eigenvalue weighted by molar-refractivity contribution is 7.19. The molecule has 2 aliphatic rings. The molecular weight excluding hydrogens is 535 g/mol. The van der Waals surface area contributed by atoms with Crippen molar-refractivity contribution in [3.63, 3.8) is 0 Å². The van der Waals surface area contributed by atoms with Gasteiger partial charge in [0, 0.05) is 41.2 Å². The number of carbonyl (C=O) groups excluding carboxylic acids is 1. The third kappa shape index (κ3) is 4.79. The number of aromatic nitrogens is 4. The lowest BCUT2D eigenvalue weighted by Gasteiger charge is -2.31. The van der Waals surface area contributed by atoms with Gasteiger partial charge in [0.25, 0.3) is 0 Å². The van der Waals surface area contributed by atoms with Gasteiger partial charge in [-0.1, -0.05) is 34.6 Å². The highest BCUT2D eigenvalue weighted by Gasteiger charge is 2.46. The Morgan fingerprint density at radius 3 is 2.61 bits per heavy atom. The Bertz CT molecular complexity index is 1620. The quantitative estimate of drug-likeness (QED) is 0.257. The van der Waals surface area contributed by atoms with Crippen LogP contribution in [-0.4, -0.2) is 62.2 Å². The van der Waals surface area contributed by atoms with Crippen molar-refractivity contribution < 1.29 is 9.18 Å². The minimum absolute atomic E-state index is 0.0645. The lowest BCUT2D eigenvalue weighted by atomic mass is 9.88. The molecule has 1 aliphatic heterocycles. The summed E-state index contributed by atoms with van der Waals surface area (Å²) in [4.78, 5) is 26.0. The lowest BCUT2D eigenvalue weighted by molar-refractivity contribution is -0.123. The van der Waals surface area contributed by atoms with Crippen molar-refractivity contribution in [2.75, 3.05) is 19.6 Å². The number of alkyl halides is 1. The van der Waals surface area contributed by atoms with Crippen LogP contribution in [-0.2, 0) is 4.79 Å². The maximum atomic E-state index is 14.3. The molecule has 4 aromatic heterocycles. The molecule has 2 bridgehead atoms. The van der Waals surface area contributed by atoms with E-state index in [0.29, 0.717) is 30.3 Å². The average molecular weight is 579 g/mol. The van der Waals surface area contributed by atoms with Crippen LogP contribution in [0.3, 0.4) is 0 Å². The number of aryl methyl sites for hydroxylation is 2. The summed E-state index contributed by atoms with van der Waals surface area (Å²) >= 11 is 1.92. The first-order valence-corrected chi connectivity index (χ1v) is 15.8. The second-order valence-corrected chi connectivity index (χ2v) is 14.8. The zero-order valence-corrected chi connectivity index (χ0v) is 26.4. The predicted molar refractivity (Wildman–Crippen MR) is 165 cm³/mol. The molecule has 4 atom stereocenters. The van der Waals surface area contributed by atoms with E-state index >= 15 is 0 Å². The fourth-order valence-electron chi connectivity index (χ4n) is 7.16. The topological polar surface area (TPSA) is 78.3 Å². The second kappa shape index (κ2) is 10.2. The second-order valence-electron chi connectivity index (χ2n) is 13.7. The van der Waals surface area contributed by atoms with E-state index in [-0.39, 0.29) is 12.5 Å². The van der Waals surface area contributed by atoms with Crippen molar-refractivity contribution >= 4 is 33.1 Å². The van der Waals surface area contributed by atoms with E-state index in [1.54, 1.807) is 6.33 Å². The number of carbonyl (C=O) groups is 1. The van der Waals surface area contributed by atoms with E-state index in [9.17, 15) is 9.18 Å². The minimum Gasteiger partial charge on any atom is -0.352 e. The number of rotatable bonds is 7. The highest BCUT2D eigenvalue weighted by Crippen LogP contribution is 2.53. The first kappa shape index (κ1) is 28.3. The SMILES string of the molecule is Cc1c(-c2[nH]c3sc([C@@H]4CC5C[C@H]4CN5CC(=O)NC[C@@H](F)C(C)(C)C)c(C)c3c2C(C)C)cn2ncnc2c1C. The summed E-state index contributed by atoms with van der Waals surface area (Å²) in [6, 6.07) is 0.416. The molecule has 6 rings (SSSR count). The van der Waals surface area contributed by atoms with E-state index in [0.717, 1.165) is 30.6 Å². The van der Waals surface area contributed by atoms with Gasteiger partial charge in [0.15, 0.2) is 5.65 Å². The zero-order valence-electron chi connectivity index (χ0n) is 25.6. The van der Waals surface area contributed by atoms with Crippen LogP contribution in [0.15, 0.2) is 12.5 Å². The van der Waals surface area contributed by atoms with Gasteiger partial charge in [-0.3, -0.25) is 9.69 Å². The number of piperidine rings is 1. The smallest absolute Gasteiger partial charge is 0.234 e. The summed E-state index contributed by atoms with van der Waals surface area (Å²) in [7, 11) is 0. The van der Waals surface area contributed by atoms with Crippen molar-refractivity contribution in [3.8, 4) is 11.3 Å². The number of amides is 1. The Balaban J connectivity index is 1.23. The summed E-state index contributed by atoms with van der Waals surface area (Å²) in [5.74, 6) is 1.38. The Morgan fingerprint density at radius 2 is 1.95 bits per heavy atom. The zero-order chi connectivity index (χ0) is 29.4. The molecule has 1 saturated carbocycles. The monoisotopic (exact) mass is 578 g/mol. The van der Waals surface area contributed by atoms with Gasteiger partial charge >= 0.3 is 0 Å². The van der Waals surface area contributed by atoms with Gasteiger partial charge in [0.05, 0.1) is 12.2 Å². The van der Waals surface area contributed by atoms with E-state index in [2.05, 4.69) is 66.1 Å². The van der Waals surface area contributed by atoms with E-state index in [1.807, 2.05) is 36.6 Å². The summed E-state index contributed by atoms with van der Waals surface area (Å²) in [5.41, 5.74) is 8.00. The van der Waals surface area contributed by atoms with Crippen molar-refractivity contribution in [2.24, 2.45) is 11.3 Å². The summed E-state index contributed by atoms with van der Waals surface area (Å²) in [5, 5.41) is 8.63. The number of likely N-dealkylation sites (tertiary alicyclic amines) is 1. The number of nitrogens with one attached hydrogen (secondary N) is 2. The van der Waals surface area contributed by atoms with Gasteiger partial charge in [0.1, 0.15) is 17.3 Å². The van der Waals surface area contributed by atoms with E-state index in [1.165, 1.54) is 43.0 Å². The molecule has 7 nitrogen and oxygen atoms in total. The molecule has 1 aliphatic carbocycles. The van der Waals surface area contributed by atoms with Crippen LogP contribution < -0.4 is 5.32 Å². The van der Waals surface area contributed by atoms with E-state index < -0.39 is 11.6 Å². The fraction of sp³-hybridized carbons (Fsp3) is 0.594. The summed E-state index contributed by atoms with van der Waals surface area (Å²) in [6.07, 6.45) is 4.90. The van der Waals surface area contributed by atoms with Crippen molar-refractivity contribution in [1.82, 2.24) is 29.8 Å². The molecule has 4 aromatic rings. The standard InChI is InChI=1S/C32H43FN6OS/c1-16(2)26-27-19(5)29(41-31(27)37-28(26)23-13-39-30(35-15-36-39)18(4)17(23)3)22-10-21-9-20(22)12-38(21)14-25(40)34-11-24(33)32(6,7)8/h13,15-16,20-22,24,37H,9-12,14H2,1-8H3,(H,34,40)/t20-,21?,22+,24+/m0/s1.